The number of sulfone groups is 1. The van der Waals surface area contributed by atoms with Gasteiger partial charge in [0.25, 0.3) is 0 Å². The quantitative estimate of drug-likeness (QED) is 0.835. The summed E-state index contributed by atoms with van der Waals surface area (Å²) in [4.78, 5) is 0. The molecule has 0 saturated heterocycles. The predicted octanol–water partition coefficient (Wildman–Crippen LogP) is 2.17. The van der Waals surface area contributed by atoms with E-state index in [-0.39, 0.29) is 11.9 Å². The van der Waals surface area contributed by atoms with E-state index >= 15 is 0 Å². The molecule has 86 valence electrons. The third-order valence-electron chi connectivity index (χ3n) is 2.25. The van der Waals surface area contributed by atoms with Crippen molar-refractivity contribution in [2.75, 3.05) is 5.75 Å². The Bertz CT molecular complexity index is 508. The first-order chi connectivity index (χ1) is 7.55. The van der Waals surface area contributed by atoms with Crippen LogP contribution in [0.1, 0.15) is 5.56 Å². The van der Waals surface area contributed by atoms with E-state index in [4.69, 9.17) is 16.3 Å². The second kappa shape index (κ2) is 4.57. The summed E-state index contributed by atoms with van der Waals surface area (Å²) < 4.78 is 27.7. The van der Waals surface area contributed by atoms with Crippen LogP contribution in [-0.4, -0.2) is 20.3 Å². The van der Waals surface area contributed by atoms with Gasteiger partial charge in [0, 0.05) is 10.4 Å². The van der Waals surface area contributed by atoms with Gasteiger partial charge in [0.05, 0.1) is 18.5 Å². The van der Waals surface area contributed by atoms with Crippen molar-refractivity contribution in [2.24, 2.45) is 0 Å². The highest BCUT2D eigenvalue weighted by molar-refractivity contribution is 7.94. The molecule has 1 aliphatic rings. The van der Waals surface area contributed by atoms with Gasteiger partial charge >= 0.3 is 0 Å². The predicted molar refractivity (Wildman–Crippen MR) is 63.0 cm³/mol. The minimum Gasteiger partial charge on any atom is -0.368 e. The molecule has 0 aliphatic carbocycles. The van der Waals surface area contributed by atoms with E-state index in [1.54, 1.807) is 18.2 Å². The van der Waals surface area contributed by atoms with Crippen molar-refractivity contribution in [2.45, 2.75) is 12.7 Å². The molecule has 0 radical (unpaired) electrons. The second-order valence-electron chi connectivity index (χ2n) is 3.64. The number of hydrogen-bond donors (Lipinski definition) is 0. The molecule has 1 aromatic rings. The molecule has 1 aliphatic heterocycles. The first-order valence-corrected chi connectivity index (χ1v) is 6.91. The van der Waals surface area contributed by atoms with Crippen LogP contribution in [0, 0.1) is 0 Å². The van der Waals surface area contributed by atoms with Crippen LogP contribution in [0.25, 0.3) is 0 Å². The number of halogens is 1. The van der Waals surface area contributed by atoms with Gasteiger partial charge in [0.15, 0.2) is 9.84 Å². The van der Waals surface area contributed by atoms with Gasteiger partial charge in [-0.3, -0.25) is 0 Å². The standard InChI is InChI=1S/C11H11ClO3S/c12-10-3-1-2-9(6-10)7-15-11-4-5-16(13,14)8-11/h1-6,11H,7-8H2. The van der Waals surface area contributed by atoms with Crippen molar-refractivity contribution in [3.63, 3.8) is 0 Å². The Hall–Kier alpha value is -0.840. The Morgan fingerprint density at radius 2 is 2.25 bits per heavy atom. The molecule has 5 heteroatoms. The van der Waals surface area contributed by atoms with Crippen molar-refractivity contribution in [1.82, 2.24) is 0 Å². The van der Waals surface area contributed by atoms with E-state index in [9.17, 15) is 8.42 Å². The van der Waals surface area contributed by atoms with Crippen molar-refractivity contribution in [3.8, 4) is 0 Å². The highest BCUT2D eigenvalue weighted by Crippen LogP contribution is 2.15. The van der Waals surface area contributed by atoms with Crippen LogP contribution in [0.15, 0.2) is 35.7 Å². The zero-order chi connectivity index (χ0) is 11.6. The summed E-state index contributed by atoms with van der Waals surface area (Å²) in [5, 5.41) is 1.85. The summed E-state index contributed by atoms with van der Waals surface area (Å²) in [6.45, 7) is 0.366. The largest absolute Gasteiger partial charge is 0.368 e. The van der Waals surface area contributed by atoms with Crippen LogP contribution in [0.4, 0.5) is 0 Å². The summed E-state index contributed by atoms with van der Waals surface area (Å²) >= 11 is 5.82. The van der Waals surface area contributed by atoms with Crippen molar-refractivity contribution in [3.05, 3.63) is 46.3 Å². The lowest BCUT2D eigenvalue weighted by Gasteiger charge is -2.09. The van der Waals surface area contributed by atoms with E-state index in [1.807, 2.05) is 12.1 Å². The SMILES string of the molecule is O=S1(=O)C=CC(OCc2cccc(Cl)c2)C1. The van der Waals surface area contributed by atoms with Gasteiger partial charge in [-0.25, -0.2) is 8.42 Å². The topological polar surface area (TPSA) is 43.4 Å². The van der Waals surface area contributed by atoms with Crippen molar-refractivity contribution < 1.29 is 13.2 Å². The minimum absolute atomic E-state index is 0.0353. The van der Waals surface area contributed by atoms with E-state index in [2.05, 4.69) is 0 Å². The average molecular weight is 259 g/mol. The summed E-state index contributed by atoms with van der Waals surface area (Å²) in [6, 6.07) is 7.31. The monoisotopic (exact) mass is 258 g/mol. The molecule has 0 fully saturated rings. The highest BCUT2D eigenvalue weighted by Gasteiger charge is 2.21. The number of benzene rings is 1. The minimum atomic E-state index is -3.04. The first-order valence-electron chi connectivity index (χ1n) is 4.82. The van der Waals surface area contributed by atoms with Crippen LogP contribution >= 0.6 is 11.6 Å². The van der Waals surface area contributed by atoms with Crippen LogP contribution in [-0.2, 0) is 21.2 Å². The fraction of sp³-hybridized carbons (Fsp3) is 0.273. The van der Waals surface area contributed by atoms with Crippen molar-refractivity contribution >= 4 is 21.4 Å². The van der Waals surface area contributed by atoms with Gasteiger partial charge in [0.2, 0.25) is 0 Å². The molecule has 0 bridgehead atoms. The van der Waals surface area contributed by atoms with Gasteiger partial charge in [-0.05, 0) is 23.8 Å². The average Bonchev–Trinajstić information content (AvgIpc) is 2.56. The Kier molecular flexibility index (Phi) is 3.33. The molecule has 3 nitrogen and oxygen atoms in total. The fourth-order valence-corrected chi connectivity index (χ4v) is 2.89. The zero-order valence-corrected chi connectivity index (χ0v) is 10.0. The van der Waals surface area contributed by atoms with Gasteiger partial charge < -0.3 is 4.74 Å². The van der Waals surface area contributed by atoms with E-state index in [0.717, 1.165) is 5.56 Å². The number of ether oxygens (including phenoxy) is 1. The maximum atomic E-state index is 11.1. The first kappa shape index (κ1) is 11.6. The maximum Gasteiger partial charge on any atom is 0.174 e. The molecule has 1 aromatic carbocycles. The lowest BCUT2D eigenvalue weighted by molar-refractivity contribution is 0.0876. The van der Waals surface area contributed by atoms with E-state index < -0.39 is 9.84 Å². The van der Waals surface area contributed by atoms with Crippen LogP contribution < -0.4 is 0 Å². The molecule has 1 unspecified atom stereocenters. The maximum absolute atomic E-state index is 11.1. The molecule has 0 amide bonds. The Morgan fingerprint density at radius 3 is 2.88 bits per heavy atom. The molecule has 0 N–H and O–H groups in total. The Labute approximate surface area is 99.6 Å². The molecule has 1 heterocycles. The summed E-state index contributed by atoms with van der Waals surface area (Å²) in [5.41, 5.74) is 0.935. The number of hydrogen-bond acceptors (Lipinski definition) is 3. The van der Waals surface area contributed by atoms with Crippen LogP contribution in [0.2, 0.25) is 5.02 Å². The molecule has 0 spiro atoms. The summed E-state index contributed by atoms with van der Waals surface area (Å²) in [5.74, 6) is 0.0353. The normalized spacial score (nSPS) is 22.4. The van der Waals surface area contributed by atoms with Gasteiger partial charge in [-0.15, -0.1) is 0 Å². The third-order valence-corrected chi connectivity index (χ3v) is 3.85. The lowest BCUT2D eigenvalue weighted by Crippen LogP contribution is -2.14. The zero-order valence-electron chi connectivity index (χ0n) is 8.47. The molecule has 16 heavy (non-hydrogen) atoms. The molecule has 0 saturated carbocycles. The number of rotatable bonds is 3. The second-order valence-corrected chi connectivity index (χ2v) is 6.01. The smallest absolute Gasteiger partial charge is 0.174 e. The fourth-order valence-electron chi connectivity index (χ4n) is 1.48. The Morgan fingerprint density at radius 1 is 1.44 bits per heavy atom. The van der Waals surface area contributed by atoms with Gasteiger partial charge in [-0.1, -0.05) is 23.7 Å². The highest BCUT2D eigenvalue weighted by atomic mass is 35.5. The summed E-state index contributed by atoms with van der Waals surface area (Å²) in [7, 11) is -3.04. The molecule has 1 atom stereocenters. The summed E-state index contributed by atoms with van der Waals surface area (Å²) in [6.07, 6.45) is 1.23. The third kappa shape index (κ3) is 3.07. The van der Waals surface area contributed by atoms with Crippen LogP contribution in [0.3, 0.4) is 0 Å². The Balaban J connectivity index is 1.92. The molecular formula is C11H11ClO3S. The molecule has 2 rings (SSSR count). The molecule has 0 aromatic heterocycles. The van der Waals surface area contributed by atoms with Crippen molar-refractivity contribution in [1.29, 1.82) is 0 Å². The lowest BCUT2D eigenvalue weighted by atomic mass is 10.2. The van der Waals surface area contributed by atoms with Gasteiger partial charge in [-0.2, -0.15) is 0 Å². The van der Waals surface area contributed by atoms with E-state index in [0.29, 0.717) is 11.6 Å². The van der Waals surface area contributed by atoms with E-state index in [1.165, 1.54) is 5.41 Å². The van der Waals surface area contributed by atoms with Crippen LogP contribution in [0.5, 0.6) is 0 Å². The van der Waals surface area contributed by atoms with Gasteiger partial charge in [0.1, 0.15) is 0 Å². The molecular weight excluding hydrogens is 248 g/mol.